The average molecular weight is 296 g/mol. The van der Waals surface area contributed by atoms with Crippen molar-refractivity contribution in [1.29, 1.82) is 0 Å². The molecule has 0 radical (unpaired) electrons. The van der Waals surface area contributed by atoms with Gasteiger partial charge in [0, 0.05) is 12.7 Å². The molecule has 1 aliphatic rings. The summed E-state index contributed by atoms with van der Waals surface area (Å²) in [6, 6.07) is 0.402. The number of carbonyl (C=O) groups excluding carboxylic acids is 2. The number of hydrogen-bond acceptors (Lipinski definition) is 5. The Labute approximate surface area is 123 Å². The Hall–Kier alpha value is -1.30. The van der Waals surface area contributed by atoms with Crippen LogP contribution < -0.4 is 0 Å². The van der Waals surface area contributed by atoms with Crippen LogP contribution in [0.1, 0.15) is 54.7 Å². The molecule has 0 atom stereocenters. The van der Waals surface area contributed by atoms with Gasteiger partial charge in [-0.2, -0.15) is 5.10 Å². The maximum atomic E-state index is 11.3. The van der Waals surface area contributed by atoms with E-state index in [1.807, 2.05) is 11.6 Å². The van der Waals surface area contributed by atoms with E-state index in [4.69, 9.17) is 4.74 Å². The lowest BCUT2D eigenvalue weighted by Gasteiger charge is -2.14. The number of esters is 1. The maximum Gasteiger partial charge on any atom is 0.302 e. The predicted octanol–water partition coefficient (Wildman–Crippen LogP) is 2.77. The summed E-state index contributed by atoms with van der Waals surface area (Å²) in [6.07, 6.45) is 5.56. The summed E-state index contributed by atoms with van der Waals surface area (Å²) < 4.78 is 6.94. The minimum atomic E-state index is -0.276. The topological polar surface area (TPSA) is 61.2 Å². The molecular weight excluding hydrogens is 276 g/mol. The lowest BCUT2D eigenvalue weighted by atomic mass is 10.2. The normalized spacial score (nSPS) is 15.5. The van der Waals surface area contributed by atoms with Gasteiger partial charge in [-0.3, -0.25) is 14.3 Å². The van der Waals surface area contributed by atoms with Crippen LogP contribution in [0.15, 0.2) is 5.03 Å². The van der Waals surface area contributed by atoms with Crippen molar-refractivity contribution in [2.75, 3.05) is 12.4 Å². The van der Waals surface area contributed by atoms with Crippen molar-refractivity contribution in [3.63, 3.8) is 0 Å². The van der Waals surface area contributed by atoms with Crippen LogP contribution in [0.2, 0.25) is 0 Å². The molecule has 0 aromatic carbocycles. The zero-order chi connectivity index (χ0) is 14.5. The second-order valence-electron chi connectivity index (χ2n) is 4.99. The lowest BCUT2D eigenvalue weighted by Crippen LogP contribution is -2.09. The number of hydrogen-bond donors (Lipinski definition) is 0. The zero-order valence-corrected chi connectivity index (χ0v) is 12.7. The lowest BCUT2D eigenvalue weighted by molar-refractivity contribution is -0.140. The van der Waals surface area contributed by atoms with Gasteiger partial charge in [0.15, 0.2) is 6.29 Å². The molecule has 1 aliphatic carbocycles. The van der Waals surface area contributed by atoms with E-state index in [1.54, 1.807) is 0 Å². The SMILES string of the molecule is CC(=O)OCCSc1c(C=O)c(C)nn1C1CCCC1. The van der Waals surface area contributed by atoms with Crippen LogP contribution in [0.4, 0.5) is 0 Å². The van der Waals surface area contributed by atoms with Crippen molar-refractivity contribution in [2.45, 2.75) is 50.6 Å². The van der Waals surface area contributed by atoms with E-state index in [-0.39, 0.29) is 5.97 Å². The largest absolute Gasteiger partial charge is 0.465 e. The summed E-state index contributed by atoms with van der Waals surface area (Å²) >= 11 is 1.54. The third-order valence-electron chi connectivity index (χ3n) is 3.50. The van der Waals surface area contributed by atoms with Gasteiger partial charge in [0.1, 0.15) is 11.6 Å². The van der Waals surface area contributed by atoms with Gasteiger partial charge in [0.05, 0.1) is 17.3 Å². The van der Waals surface area contributed by atoms with Gasteiger partial charge in [-0.15, -0.1) is 11.8 Å². The summed E-state index contributed by atoms with van der Waals surface area (Å²) in [6.45, 7) is 3.62. The van der Waals surface area contributed by atoms with Crippen LogP contribution in [-0.4, -0.2) is 34.4 Å². The fourth-order valence-electron chi connectivity index (χ4n) is 2.54. The molecule has 0 saturated heterocycles. The molecule has 2 rings (SSSR count). The summed E-state index contributed by atoms with van der Waals surface area (Å²) in [4.78, 5) is 22.0. The van der Waals surface area contributed by atoms with E-state index in [0.29, 0.717) is 24.0 Å². The van der Waals surface area contributed by atoms with Gasteiger partial charge in [0.2, 0.25) is 0 Å². The number of rotatable bonds is 6. The van der Waals surface area contributed by atoms with E-state index in [2.05, 4.69) is 5.10 Å². The highest BCUT2D eigenvalue weighted by Crippen LogP contribution is 2.35. The quantitative estimate of drug-likeness (QED) is 0.349. The Morgan fingerprint density at radius 2 is 2.20 bits per heavy atom. The zero-order valence-electron chi connectivity index (χ0n) is 11.9. The van der Waals surface area contributed by atoms with Gasteiger partial charge in [0.25, 0.3) is 0 Å². The number of aryl methyl sites for hydroxylation is 1. The number of thioether (sulfide) groups is 1. The van der Waals surface area contributed by atoms with Crippen LogP contribution in [0.25, 0.3) is 0 Å². The third-order valence-corrected chi connectivity index (χ3v) is 4.55. The van der Waals surface area contributed by atoms with Crippen molar-refractivity contribution < 1.29 is 14.3 Å². The Morgan fingerprint density at radius 3 is 2.80 bits per heavy atom. The number of aldehydes is 1. The monoisotopic (exact) mass is 296 g/mol. The second-order valence-corrected chi connectivity index (χ2v) is 6.08. The van der Waals surface area contributed by atoms with Crippen LogP contribution in [0, 0.1) is 6.92 Å². The number of aromatic nitrogens is 2. The van der Waals surface area contributed by atoms with Crippen LogP contribution in [0.5, 0.6) is 0 Å². The van der Waals surface area contributed by atoms with Crippen molar-refractivity contribution in [3.8, 4) is 0 Å². The Balaban J connectivity index is 2.11. The first kappa shape index (κ1) is 15.1. The van der Waals surface area contributed by atoms with Crippen molar-refractivity contribution >= 4 is 24.0 Å². The van der Waals surface area contributed by atoms with E-state index in [9.17, 15) is 9.59 Å². The van der Waals surface area contributed by atoms with Crippen LogP contribution in [0.3, 0.4) is 0 Å². The van der Waals surface area contributed by atoms with Gasteiger partial charge < -0.3 is 4.74 Å². The predicted molar refractivity (Wildman–Crippen MR) is 77.2 cm³/mol. The summed E-state index contributed by atoms with van der Waals surface area (Å²) in [5, 5.41) is 5.45. The standard InChI is InChI=1S/C14H20N2O3S/c1-10-13(9-17)14(20-8-7-19-11(2)18)16(15-10)12-5-3-4-6-12/h9,12H,3-8H2,1-2H3. The first-order valence-corrected chi connectivity index (χ1v) is 7.92. The Morgan fingerprint density at radius 1 is 1.50 bits per heavy atom. The number of ether oxygens (including phenoxy) is 1. The molecule has 6 heteroatoms. The minimum absolute atomic E-state index is 0.276. The van der Waals surface area contributed by atoms with Crippen LogP contribution in [-0.2, 0) is 9.53 Å². The molecule has 110 valence electrons. The first-order valence-electron chi connectivity index (χ1n) is 6.94. The molecule has 20 heavy (non-hydrogen) atoms. The Bertz CT molecular complexity index is 493. The fourth-order valence-corrected chi connectivity index (χ4v) is 3.57. The molecule has 1 heterocycles. The van der Waals surface area contributed by atoms with Gasteiger partial charge in [-0.25, -0.2) is 0 Å². The van der Waals surface area contributed by atoms with Crippen molar-refractivity contribution in [2.24, 2.45) is 0 Å². The van der Waals surface area contributed by atoms with Crippen molar-refractivity contribution in [3.05, 3.63) is 11.3 Å². The summed E-state index contributed by atoms with van der Waals surface area (Å²) in [7, 11) is 0. The van der Waals surface area contributed by atoms with Crippen LogP contribution >= 0.6 is 11.8 Å². The number of carbonyl (C=O) groups is 2. The molecule has 0 N–H and O–H groups in total. The average Bonchev–Trinajstić information content (AvgIpc) is 3.01. The molecule has 0 unspecified atom stereocenters. The molecule has 5 nitrogen and oxygen atoms in total. The highest BCUT2D eigenvalue weighted by molar-refractivity contribution is 7.99. The van der Waals surface area contributed by atoms with Gasteiger partial charge >= 0.3 is 5.97 Å². The fraction of sp³-hybridized carbons (Fsp3) is 0.643. The molecule has 0 spiro atoms. The van der Waals surface area contributed by atoms with Gasteiger partial charge in [-0.05, 0) is 19.8 Å². The molecule has 0 aliphatic heterocycles. The molecule has 1 saturated carbocycles. The third kappa shape index (κ3) is 3.42. The van der Waals surface area contributed by atoms with E-state index in [1.165, 1.54) is 31.5 Å². The molecular formula is C14H20N2O3S. The van der Waals surface area contributed by atoms with Crippen molar-refractivity contribution in [1.82, 2.24) is 9.78 Å². The molecule has 1 aromatic rings. The smallest absolute Gasteiger partial charge is 0.302 e. The highest BCUT2D eigenvalue weighted by atomic mass is 32.2. The summed E-state index contributed by atoms with van der Waals surface area (Å²) in [5.74, 6) is 0.361. The van der Waals surface area contributed by atoms with Gasteiger partial charge in [-0.1, -0.05) is 12.8 Å². The molecule has 1 fully saturated rings. The molecule has 1 aromatic heterocycles. The highest BCUT2D eigenvalue weighted by Gasteiger charge is 2.24. The van der Waals surface area contributed by atoms with E-state index < -0.39 is 0 Å². The second kappa shape index (κ2) is 6.92. The molecule has 0 bridgehead atoms. The molecule has 0 amide bonds. The van der Waals surface area contributed by atoms with E-state index in [0.717, 1.165) is 29.8 Å². The number of nitrogens with zero attached hydrogens (tertiary/aromatic N) is 2. The maximum absolute atomic E-state index is 11.3. The van der Waals surface area contributed by atoms with E-state index >= 15 is 0 Å². The summed E-state index contributed by atoms with van der Waals surface area (Å²) in [5.41, 5.74) is 1.45. The minimum Gasteiger partial charge on any atom is -0.465 e. The first-order chi connectivity index (χ1) is 9.63. The Kier molecular flexibility index (Phi) is 5.23.